The lowest BCUT2D eigenvalue weighted by Gasteiger charge is -2.18. The van der Waals surface area contributed by atoms with Crippen LogP contribution < -0.4 is 4.90 Å². The fraction of sp³-hybridized carbons (Fsp3) is 0.333. The monoisotopic (exact) mass is 278 g/mol. The number of aliphatic carboxylic acids is 1. The van der Waals surface area contributed by atoms with E-state index in [0.29, 0.717) is 17.0 Å². The third kappa shape index (κ3) is 2.68. The largest absolute Gasteiger partial charge is 0.481 e. The third-order valence-electron chi connectivity index (χ3n) is 2.99. The average Bonchev–Trinajstić information content (AvgIpc) is 2.80. The van der Waals surface area contributed by atoms with E-state index >= 15 is 0 Å². The molecule has 1 aromatic carbocycles. The van der Waals surface area contributed by atoms with E-state index in [9.17, 15) is 14.9 Å². The summed E-state index contributed by atoms with van der Waals surface area (Å²) in [4.78, 5) is 30.0. The summed E-state index contributed by atoms with van der Waals surface area (Å²) in [6.45, 7) is 1.89. The Hall–Kier alpha value is -2.64. The molecule has 0 saturated carbocycles. The summed E-state index contributed by atoms with van der Waals surface area (Å²) < 4.78 is 0. The Kier molecular flexibility index (Phi) is 3.55. The second-order valence-corrected chi connectivity index (χ2v) is 4.64. The smallest absolute Gasteiger partial charge is 0.308 e. The summed E-state index contributed by atoms with van der Waals surface area (Å²) in [7, 11) is 1.71. The number of nitro benzene ring substituents is 1. The number of benzene rings is 1. The Morgan fingerprint density at radius 2 is 2.30 bits per heavy atom. The summed E-state index contributed by atoms with van der Waals surface area (Å²) in [5.74, 6) is -0.945. The van der Waals surface area contributed by atoms with Gasteiger partial charge in [-0.25, -0.2) is 4.98 Å². The molecule has 1 atom stereocenters. The Morgan fingerprint density at radius 3 is 2.90 bits per heavy atom. The van der Waals surface area contributed by atoms with E-state index in [0.717, 1.165) is 0 Å². The number of fused-ring (bicyclic) bond motifs is 1. The minimum Gasteiger partial charge on any atom is -0.481 e. The molecule has 20 heavy (non-hydrogen) atoms. The molecule has 8 heteroatoms. The van der Waals surface area contributed by atoms with Gasteiger partial charge in [0.15, 0.2) is 0 Å². The molecule has 1 unspecified atom stereocenters. The molecule has 0 aliphatic rings. The Balaban J connectivity index is 2.27. The number of nitrogens with zero attached hydrogens (tertiary/aromatic N) is 3. The first kappa shape index (κ1) is 13.8. The molecule has 2 rings (SSSR count). The molecule has 106 valence electrons. The van der Waals surface area contributed by atoms with Crippen molar-refractivity contribution in [2.75, 3.05) is 18.5 Å². The van der Waals surface area contributed by atoms with Gasteiger partial charge in [0.2, 0.25) is 5.95 Å². The number of carboxylic acid groups (broad SMARTS) is 1. The van der Waals surface area contributed by atoms with Crippen molar-refractivity contribution < 1.29 is 14.8 Å². The highest BCUT2D eigenvalue weighted by atomic mass is 16.6. The van der Waals surface area contributed by atoms with Crippen LogP contribution in [0.1, 0.15) is 6.92 Å². The molecule has 0 saturated heterocycles. The van der Waals surface area contributed by atoms with Crippen molar-refractivity contribution in [2.45, 2.75) is 6.92 Å². The van der Waals surface area contributed by atoms with Crippen molar-refractivity contribution >= 4 is 28.6 Å². The maximum Gasteiger partial charge on any atom is 0.308 e. The van der Waals surface area contributed by atoms with E-state index in [1.807, 2.05) is 0 Å². The molecule has 0 spiro atoms. The molecule has 0 radical (unpaired) electrons. The minimum absolute atomic E-state index is 0.0192. The van der Waals surface area contributed by atoms with Gasteiger partial charge in [0.05, 0.1) is 21.9 Å². The quantitative estimate of drug-likeness (QED) is 0.635. The average molecular weight is 278 g/mol. The van der Waals surface area contributed by atoms with Crippen LogP contribution in [0.25, 0.3) is 11.0 Å². The first-order valence-electron chi connectivity index (χ1n) is 5.96. The van der Waals surface area contributed by atoms with Crippen LogP contribution in [-0.4, -0.2) is 39.6 Å². The zero-order valence-electron chi connectivity index (χ0n) is 11.0. The summed E-state index contributed by atoms with van der Waals surface area (Å²) >= 11 is 0. The number of nitro groups is 1. The van der Waals surface area contributed by atoms with Crippen LogP contribution in [0.3, 0.4) is 0 Å². The van der Waals surface area contributed by atoms with Crippen molar-refractivity contribution in [1.29, 1.82) is 0 Å². The Morgan fingerprint density at radius 1 is 1.60 bits per heavy atom. The van der Waals surface area contributed by atoms with Gasteiger partial charge in [-0.2, -0.15) is 0 Å². The lowest BCUT2D eigenvalue weighted by atomic mass is 10.2. The van der Waals surface area contributed by atoms with Gasteiger partial charge in [-0.15, -0.1) is 0 Å². The van der Waals surface area contributed by atoms with E-state index in [-0.39, 0.29) is 12.2 Å². The Labute approximate surface area is 114 Å². The fourth-order valence-corrected chi connectivity index (χ4v) is 1.85. The van der Waals surface area contributed by atoms with Gasteiger partial charge in [-0.05, 0) is 6.07 Å². The van der Waals surface area contributed by atoms with Crippen LogP contribution in [0.5, 0.6) is 0 Å². The molecule has 0 aliphatic carbocycles. The van der Waals surface area contributed by atoms with Gasteiger partial charge in [0.25, 0.3) is 5.69 Å². The van der Waals surface area contributed by atoms with Crippen molar-refractivity contribution in [3.05, 3.63) is 28.3 Å². The fourth-order valence-electron chi connectivity index (χ4n) is 1.85. The normalized spacial score (nSPS) is 12.3. The molecular formula is C12H14N4O4. The van der Waals surface area contributed by atoms with Crippen molar-refractivity contribution in [3.8, 4) is 0 Å². The van der Waals surface area contributed by atoms with Gasteiger partial charge >= 0.3 is 5.97 Å². The minimum atomic E-state index is -0.886. The molecule has 1 heterocycles. The predicted octanol–water partition coefficient (Wildman–Crippen LogP) is 1.63. The van der Waals surface area contributed by atoms with Crippen LogP contribution in [0.2, 0.25) is 0 Å². The number of rotatable bonds is 5. The van der Waals surface area contributed by atoms with Gasteiger partial charge in [-0.1, -0.05) is 6.92 Å². The van der Waals surface area contributed by atoms with Crippen LogP contribution in [0.4, 0.5) is 11.6 Å². The van der Waals surface area contributed by atoms with E-state index in [1.165, 1.54) is 12.1 Å². The van der Waals surface area contributed by atoms with Gasteiger partial charge < -0.3 is 15.0 Å². The molecule has 0 bridgehead atoms. The number of hydrogen-bond acceptors (Lipinski definition) is 5. The molecule has 2 N–H and O–H groups in total. The number of H-pyrrole nitrogens is 1. The zero-order chi connectivity index (χ0) is 14.9. The number of carboxylic acids is 1. The number of anilines is 1. The number of non-ortho nitro benzene ring substituents is 1. The first-order valence-corrected chi connectivity index (χ1v) is 5.96. The van der Waals surface area contributed by atoms with Gasteiger partial charge in [-0.3, -0.25) is 14.9 Å². The Bertz CT molecular complexity index is 667. The SMILES string of the molecule is CC(CN(C)c1nc2ccc([N+](=O)[O-])cc2[nH]1)C(=O)O. The zero-order valence-corrected chi connectivity index (χ0v) is 11.0. The molecular weight excluding hydrogens is 264 g/mol. The maximum atomic E-state index is 10.8. The number of nitrogens with one attached hydrogen (secondary N) is 1. The lowest BCUT2D eigenvalue weighted by Crippen LogP contribution is -2.29. The molecule has 1 aromatic heterocycles. The second-order valence-electron chi connectivity index (χ2n) is 4.64. The number of aromatic amines is 1. The second kappa shape index (κ2) is 5.16. The third-order valence-corrected chi connectivity index (χ3v) is 2.99. The van der Waals surface area contributed by atoms with Gasteiger partial charge in [0.1, 0.15) is 0 Å². The summed E-state index contributed by atoms with van der Waals surface area (Å²) in [5, 5.41) is 19.6. The number of carbonyl (C=O) groups is 1. The summed E-state index contributed by atoms with van der Waals surface area (Å²) in [5.41, 5.74) is 1.12. The van der Waals surface area contributed by atoms with Crippen LogP contribution in [0, 0.1) is 16.0 Å². The lowest BCUT2D eigenvalue weighted by molar-refractivity contribution is -0.384. The molecule has 8 nitrogen and oxygen atoms in total. The van der Waals surface area contributed by atoms with Gasteiger partial charge in [0, 0.05) is 25.7 Å². The standard InChI is InChI=1S/C12H14N4O4/c1-7(11(17)18)6-15(2)12-13-9-4-3-8(16(19)20)5-10(9)14-12/h3-5,7H,6H2,1-2H3,(H,13,14)(H,17,18). The van der Waals surface area contributed by atoms with Crippen molar-refractivity contribution in [1.82, 2.24) is 9.97 Å². The maximum absolute atomic E-state index is 10.8. The summed E-state index contributed by atoms with van der Waals surface area (Å²) in [6, 6.07) is 4.34. The van der Waals surface area contributed by atoms with E-state index in [1.54, 1.807) is 24.9 Å². The van der Waals surface area contributed by atoms with E-state index in [4.69, 9.17) is 5.11 Å². The highest BCUT2D eigenvalue weighted by Crippen LogP contribution is 2.22. The molecule has 0 fully saturated rings. The summed E-state index contributed by atoms with van der Waals surface area (Å²) in [6.07, 6.45) is 0. The van der Waals surface area contributed by atoms with E-state index in [2.05, 4.69) is 9.97 Å². The topological polar surface area (TPSA) is 112 Å². The highest BCUT2D eigenvalue weighted by molar-refractivity contribution is 5.80. The van der Waals surface area contributed by atoms with Crippen LogP contribution in [-0.2, 0) is 4.79 Å². The van der Waals surface area contributed by atoms with E-state index < -0.39 is 16.8 Å². The predicted molar refractivity (Wildman–Crippen MR) is 72.8 cm³/mol. The first-order chi connectivity index (χ1) is 9.38. The molecule has 2 aromatic rings. The van der Waals surface area contributed by atoms with Crippen LogP contribution in [0.15, 0.2) is 18.2 Å². The molecule has 0 aliphatic heterocycles. The molecule has 0 amide bonds. The number of hydrogen-bond donors (Lipinski definition) is 2. The number of aromatic nitrogens is 2. The van der Waals surface area contributed by atoms with Crippen molar-refractivity contribution in [3.63, 3.8) is 0 Å². The van der Waals surface area contributed by atoms with Crippen molar-refractivity contribution in [2.24, 2.45) is 5.92 Å². The number of imidazole rings is 1. The van der Waals surface area contributed by atoms with Crippen LogP contribution >= 0.6 is 0 Å². The highest BCUT2D eigenvalue weighted by Gasteiger charge is 2.17.